The largest absolute Gasteiger partial charge is 0.393 e. The van der Waals surface area contributed by atoms with Crippen molar-refractivity contribution in [1.29, 1.82) is 0 Å². The van der Waals surface area contributed by atoms with E-state index in [-0.39, 0.29) is 24.0 Å². The summed E-state index contributed by atoms with van der Waals surface area (Å²) in [7, 11) is 3.28. The van der Waals surface area contributed by atoms with Crippen LogP contribution in [-0.4, -0.2) is 41.2 Å². The van der Waals surface area contributed by atoms with Crippen molar-refractivity contribution in [1.82, 2.24) is 4.57 Å². The van der Waals surface area contributed by atoms with E-state index < -0.39 is 27.2 Å². The van der Waals surface area contributed by atoms with E-state index in [9.17, 15) is 29.0 Å². The van der Waals surface area contributed by atoms with Crippen LogP contribution in [0, 0.1) is 31.9 Å². The third-order valence-electron chi connectivity index (χ3n) is 4.67. The number of nitrogen functional groups attached to an aromatic ring is 1. The number of halogens is 2. The number of nitrogens with two attached hydrogens (primary N) is 1. The quantitative estimate of drug-likeness (QED) is 0.308. The van der Waals surface area contributed by atoms with E-state index in [1.807, 2.05) is 0 Å². The van der Waals surface area contributed by atoms with Crippen LogP contribution in [0.5, 0.6) is 0 Å². The van der Waals surface area contributed by atoms with Crippen LogP contribution in [-0.2, 0) is 14.2 Å². The second-order valence-corrected chi connectivity index (χ2v) is 6.98. The SMILES string of the molecule is COC1CCC(OC)O1.Nc1ccc(F)cc1[N+](=O)[O-].O=[N+]([O-])c1cc(F)ccc1-n1cccc1. The van der Waals surface area contributed by atoms with Gasteiger partial charge >= 0.3 is 0 Å². The van der Waals surface area contributed by atoms with Crippen LogP contribution < -0.4 is 5.73 Å². The fourth-order valence-electron chi connectivity index (χ4n) is 2.96. The van der Waals surface area contributed by atoms with Crippen molar-refractivity contribution in [3.63, 3.8) is 0 Å². The van der Waals surface area contributed by atoms with Gasteiger partial charge in [0, 0.05) is 39.5 Å². The number of nitro groups is 2. The lowest BCUT2D eigenvalue weighted by Gasteiger charge is -2.09. The van der Waals surface area contributed by atoms with Gasteiger partial charge in [0.1, 0.15) is 23.0 Å². The standard InChI is InChI=1S/C10H7FN2O2.C6H5FN2O2.C6H12O3/c11-8-3-4-9(10(7-8)13(14)15)12-5-1-2-6-12;7-4-1-2-5(8)6(3-4)9(10)11;1-7-5-3-4-6(8-2)9-5/h1-7H;1-3H,8H2;5-6H,3-4H2,1-2H3. The maximum atomic E-state index is 12.8. The Hall–Kier alpha value is -3.94. The van der Waals surface area contributed by atoms with Gasteiger partial charge in [0.05, 0.1) is 22.0 Å². The molecule has 0 aliphatic carbocycles. The van der Waals surface area contributed by atoms with Gasteiger partial charge in [0.2, 0.25) is 0 Å². The molecule has 1 fully saturated rings. The molecule has 0 spiro atoms. The average Bonchev–Trinajstić information content (AvgIpc) is 3.53. The molecular formula is C22H24F2N4O7. The average molecular weight is 494 g/mol. The van der Waals surface area contributed by atoms with Crippen molar-refractivity contribution < 1.29 is 32.8 Å². The molecule has 3 aromatic rings. The molecular weight excluding hydrogens is 470 g/mol. The zero-order valence-corrected chi connectivity index (χ0v) is 18.9. The highest BCUT2D eigenvalue weighted by molar-refractivity contribution is 5.57. The number of aromatic nitrogens is 1. The Morgan fingerprint density at radius 1 is 0.914 bits per heavy atom. The van der Waals surface area contributed by atoms with Crippen LogP contribution in [0.25, 0.3) is 5.69 Å². The fourth-order valence-corrected chi connectivity index (χ4v) is 2.96. The van der Waals surface area contributed by atoms with Gasteiger partial charge in [-0.05, 0) is 36.4 Å². The predicted molar refractivity (Wildman–Crippen MR) is 122 cm³/mol. The van der Waals surface area contributed by atoms with Gasteiger partial charge in [-0.3, -0.25) is 20.2 Å². The monoisotopic (exact) mass is 494 g/mol. The number of hydrogen-bond donors (Lipinski definition) is 1. The fraction of sp³-hybridized carbons (Fsp3) is 0.273. The summed E-state index contributed by atoms with van der Waals surface area (Å²) in [5.41, 5.74) is 4.86. The molecule has 1 aromatic heterocycles. The van der Waals surface area contributed by atoms with Crippen LogP contribution in [0.1, 0.15) is 12.8 Å². The summed E-state index contributed by atoms with van der Waals surface area (Å²) in [5, 5.41) is 20.8. The lowest BCUT2D eigenvalue weighted by atomic mass is 10.2. The maximum Gasteiger partial charge on any atom is 0.296 e. The van der Waals surface area contributed by atoms with Crippen molar-refractivity contribution in [2.24, 2.45) is 0 Å². The Labute approximate surface area is 198 Å². The van der Waals surface area contributed by atoms with Gasteiger partial charge in [-0.1, -0.05) is 0 Å². The number of benzene rings is 2. The Kier molecular flexibility index (Phi) is 10.2. The Bertz CT molecular complexity index is 1120. The molecule has 1 aliphatic heterocycles. The molecule has 0 amide bonds. The summed E-state index contributed by atoms with van der Waals surface area (Å²) in [4.78, 5) is 19.5. The van der Waals surface area contributed by atoms with Crippen LogP contribution >= 0.6 is 0 Å². The van der Waals surface area contributed by atoms with Gasteiger partial charge in [0.15, 0.2) is 12.6 Å². The number of hydrogen-bond acceptors (Lipinski definition) is 8. The number of nitrogens with zero attached hydrogens (tertiary/aromatic N) is 3. The highest BCUT2D eigenvalue weighted by Gasteiger charge is 2.23. The van der Waals surface area contributed by atoms with Gasteiger partial charge in [0.25, 0.3) is 11.4 Å². The number of nitro benzene ring substituents is 2. The van der Waals surface area contributed by atoms with Gasteiger partial charge in [-0.15, -0.1) is 0 Å². The maximum absolute atomic E-state index is 12.8. The smallest absolute Gasteiger partial charge is 0.296 e. The predicted octanol–water partition coefficient (Wildman–Crippen LogP) is 4.58. The van der Waals surface area contributed by atoms with Gasteiger partial charge in [-0.25, -0.2) is 8.78 Å². The number of rotatable bonds is 5. The van der Waals surface area contributed by atoms with E-state index in [0.29, 0.717) is 5.69 Å². The molecule has 1 saturated heterocycles. The van der Waals surface area contributed by atoms with Gasteiger partial charge in [-0.2, -0.15) is 0 Å². The molecule has 35 heavy (non-hydrogen) atoms. The van der Waals surface area contributed by atoms with Crippen LogP contribution in [0.2, 0.25) is 0 Å². The van der Waals surface area contributed by atoms with E-state index in [1.165, 1.54) is 12.1 Å². The molecule has 2 heterocycles. The summed E-state index contributed by atoms with van der Waals surface area (Å²) in [6, 6.07) is 10.00. The molecule has 188 valence electrons. The highest BCUT2D eigenvalue weighted by Crippen LogP contribution is 2.24. The van der Waals surface area contributed by atoms with Crippen molar-refractivity contribution in [3.05, 3.63) is 92.8 Å². The first-order valence-corrected chi connectivity index (χ1v) is 10.1. The minimum atomic E-state index is -0.724. The summed E-state index contributed by atoms with van der Waals surface area (Å²) < 4.78 is 41.8. The summed E-state index contributed by atoms with van der Waals surface area (Å²) in [6.07, 6.45) is 5.12. The topological polar surface area (TPSA) is 145 Å². The third kappa shape index (κ3) is 8.10. The Balaban J connectivity index is 0.000000193. The first-order valence-electron chi connectivity index (χ1n) is 10.1. The van der Waals surface area contributed by atoms with Crippen LogP contribution in [0.15, 0.2) is 60.9 Å². The molecule has 0 radical (unpaired) electrons. The molecule has 2 unspecified atom stereocenters. The minimum Gasteiger partial charge on any atom is -0.393 e. The molecule has 0 bridgehead atoms. The van der Waals surface area contributed by atoms with E-state index in [4.69, 9.17) is 19.9 Å². The van der Waals surface area contributed by atoms with Gasteiger partial charge < -0.3 is 24.5 Å². The minimum absolute atomic E-state index is 0.0311. The Morgan fingerprint density at radius 3 is 1.83 bits per heavy atom. The first kappa shape index (κ1) is 27.3. The first-order chi connectivity index (χ1) is 16.7. The van der Waals surface area contributed by atoms with Crippen molar-refractivity contribution >= 4 is 17.1 Å². The van der Waals surface area contributed by atoms with Crippen LogP contribution in [0.4, 0.5) is 25.8 Å². The van der Waals surface area contributed by atoms with E-state index in [2.05, 4.69) is 0 Å². The van der Waals surface area contributed by atoms with Crippen molar-refractivity contribution in [3.8, 4) is 5.69 Å². The third-order valence-corrected chi connectivity index (χ3v) is 4.67. The van der Waals surface area contributed by atoms with Crippen LogP contribution in [0.3, 0.4) is 0 Å². The molecule has 1 aliphatic rings. The second kappa shape index (κ2) is 13.1. The molecule has 0 saturated carbocycles. The van der Waals surface area contributed by atoms with E-state index in [0.717, 1.165) is 37.1 Å². The molecule has 2 aromatic carbocycles. The number of ether oxygens (including phenoxy) is 3. The normalized spacial score (nSPS) is 16.5. The van der Waals surface area contributed by atoms with Crippen molar-refractivity contribution in [2.75, 3.05) is 20.0 Å². The lowest BCUT2D eigenvalue weighted by molar-refractivity contribution is -0.384. The summed E-state index contributed by atoms with van der Waals surface area (Å²) in [6.45, 7) is 0. The zero-order chi connectivity index (χ0) is 26.0. The molecule has 13 heteroatoms. The van der Waals surface area contributed by atoms with E-state index >= 15 is 0 Å². The number of anilines is 1. The molecule has 2 N–H and O–H groups in total. The van der Waals surface area contributed by atoms with Crippen molar-refractivity contribution in [2.45, 2.75) is 25.4 Å². The molecule has 2 atom stereocenters. The summed E-state index contributed by atoms with van der Waals surface area (Å²) >= 11 is 0. The second-order valence-electron chi connectivity index (χ2n) is 6.98. The zero-order valence-electron chi connectivity index (χ0n) is 18.9. The summed E-state index contributed by atoms with van der Waals surface area (Å²) in [5.74, 6) is -1.27. The highest BCUT2D eigenvalue weighted by atomic mass is 19.1. The lowest BCUT2D eigenvalue weighted by Crippen LogP contribution is -2.13. The molecule has 11 nitrogen and oxygen atoms in total. The number of methoxy groups -OCH3 is 2. The van der Waals surface area contributed by atoms with E-state index in [1.54, 1.807) is 43.3 Å². The molecule has 4 rings (SSSR count). The Morgan fingerprint density at radius 2 is 1.40 bits per heavy atom.